The fraction of sp³-hybridized carbons (Fsp3) is 0.350. The topological polar surface area (TPSA) is 67.6 Å². The first-order valence-corrected chi connectivity index (χ1v) is 8.71. The van der Waals surface area contributed by atoms with E-state index in [1.165, 1.54) is 0 Å². The minimum atomic E-state index is -0.214. The van der Waals surface area contributed by atoms with Crippen molar-refractivity contribution in [3.63, 3.8) is 0 Å². The molecule has 0 aliphatic carbocycles. The third kappa shape index (κ3) is 4.38. The molecule has 2 aromatic carbocycles. The lowest BCUT2D eigenvalue weighted by atomic mass is 9.98. The molecule has 2 aromatic rings. The van der Waals surface area contributed by atoms with Crippen molar-refractivity contribution < 1.29 is 9.63 Å². The number of hydrogen-bond donors (Lipinski definition) is 2. The molecule has 1 amide bonds. The van der Waals surface area contributed by atoms with Gasteiger partial charge >= 0.3 is 0 Å². The highest BCUT2D eigenvalue weighted by molar-refractivity contribution is 5.93. The summed E-state index contributed by atoms with van der Waals surface area (Å²) in [5.41, 5.74) is 11.3. The van der Waals surface area contributed by atoms with Crippen LogP contribution in [0.1, 0.15) is 41.2 Å². The summed E-state index contributed by atoms with van der Waals surface area (Å²) in [6.45, 7) is 0.978. The predicted molar refractivity (Wildman–Crippen MR) is 98.9 cm³/mol. The summed E-state index contributed by atoms with van der Waals surface area (Å²) in [6.07, 6.45) is 2.68. The minimum Gasteiger partial charge on any atom is -0.398 e. The summed E-state index contributed by atoms with van der Waals surface area (Å²) in [5, 5.41) is 0. The van der Waals surface area contributed by atoms with Crippen LogP contribution in [0.5, 0.6) is 0 Å². The fourth-order valence-electron chi connectivity index (χ4n) is 3.34. The Kier molecular flexibility index (Phi) is 5.68. The number of likely N-dealkylation sites (tertiary alicyclic amines) is 1. The predicted octanol–water partition coefficient (Wildman–Crippen LogP) is 3.16. The molecule has 5 nitrogen and oxygen atoms in total. The summed E-state index contributed by atoms with van der Waals surface area (Å²) in [5.74, 6) is -0.214. The Hall–Kier alpha value is -2.37. The van der Waals surface area contributed by atoms with Gasteiger partial charge in [-0.05, 0) is 56.6 Å². The Morgan fingerprint density at radius 2 is 1.88 bits per heavy atom. The zero-order chi connectivity index (χ0) is 17.6. The SMILES string of the molecule is CN1CCCC(ONC(=O)c2ccccc2)CC1c1ccccc1N. The number of amides is 1. The molecule has 1 aliphatic heterocycles. The molecule has 5 heteroatoms. The van der Waals surface area contributed by atoms with Gasteiger partial charge in [0, 0.05) is 17.3 Å². The Morgan fingerprint density at radius 1 is 1.16 bits per heavy atom. The molecule has 2 unspecified atom stereocenters. The fourth-order valence-corrected chi connectivity index (χ4v) is 3.34. The standard InChI is InChI=1S/C20H25N3O2/c1-23-13-7-10-16(14-19(23)17-11-5-6-12-18(17)21)25-22-20(24)15-8-3-2-4-9-15/h2-6,8-9,11-12,16,19H,7,10,13-14,21H2,1H3,(H,22,24). The van der Waals surface area contributed by atoms with E-state index in [1.807, 2.05) is 36.4 Å². The summed E-state index contributed by atoms with van der Waals surface area (Å²) in [4.78, 5) is 20.2. The van der Waals surface area contributed by atoms with Crippen molar-refractivity contribution in [2.24, 2.45) is 0 Å². The van der Waals surface area contributed by atoms with E-state index < -0.39 is 0 Å². The van der Waals surface area contributed by atoms with Gasteiger partial charge in [-0.2, -0.15) is 0 Å². The second kappa shape index (κ2) is 8.14. The molecule has 0 radical (unpaired) electrons. The summed E-state index contributed by atoms with van der Waals surface area (Å²) < 4.78 is 0. The monoisotopic (exact) mass is 339 g/mol. The van der Waals surface area contributed by atoms with Crippen LogP contribution in [-0.2, 0) is 4.84 Å². The Balaban J connectivity index is 1.66. The third-order valence-electron chi connectivity index (χ3n) is 4.76. The van der Waals surface area contributed by atoms with E-state index in [4.69, 9.17) is 10.6 Å². The van der Waals surface area contributed by atoms with Crippen molar-refractivity contribution in [1.82, 2.24) is 10.4 Å². The number of nitrogens with one attached hydrogen (secondary N) is 1. The van der Waals surface area contributed by atoms with Crippen LogP contribution in [0.4, 0.5) is 5.69 Å². The molecule has 132 valence electrons. The summed E-state index contributed by atoms with van der Waals surface area (Å²) >= 11 is 0. The maximum atomic E-state index is 12.2. The number of nitrogen functional groups attached to an aromatic ring is 1. The molecule has 3 rings (SSSR count). The lowest BCUT2D eigenvalue weighted by molar-refractivity contribution is -0.0266. The lowest BCUT2D eigenvalue weighted by Crippen LogP contribution is -2.31. The second-order valence-electron chi connectivity index (χ2n) is 6.54. The number of carbonyl (C=O) groups is 1. The van der Waals surface area contributed by atoms with Crippen molar-refractivity contribution in [3.05, 3.63) is 65.7 Å². The Labute approximate surface area is 148 Å². The van der Waals surface area contributed by atoms with Crippen LogP contribution in [0.3, 0.4) is 0 Å². The highest BCUT2D eigenvalue weighted by Gasteiger charge is 2.27. The maximum Gasteiger partial charge on any atom is 0.274 e. The van der Waals surface area contributed by atoms with Crippen molar-refractivity contribution in [2.75, 3.05) is 19.3 Å². The Morgan fingerprint density at radius 3 is 2.64 bits per heavy atom. The number of nitrogens with zero attached hydrogens (tertiary/aromatic N) is 1. The average molecular weight is 339 g/mol. The first-order chi connectivity index (χ1) is 12.1. The molecule has 0 spiro atoms. The van der Waals surface area contributed by atoms with E-state index in [2.05, 4.69) is 23.5 Å². The van der Waals surface area contributed by atoms with Gasteiger partial charge in [-0.15, -0.1) is 0 Å². The van der Waals surface area contributed by atoms with Crippen molar-refractivity contribution >= 4 is 11.6 Å². The molecule has 0 aromatic heterocycles. The summed E-state index contributed by atoms with van der Waals surface area (Å²) in [6, 6.07) is 17.2. The second-order valence-corrected chi connectivity index (χ2v) is 6.54. The van der Waals surface area contributed by atoms with Gasteiger partial charge in [0.15, 0.2) is 0 Å². The average Bonchev–Trinajstić information content (AvgIpc) is 2.82. The molecule has 1 aliphatic rings. The molecular weight excluding hydrogens is 314 g/mol. The smallest absolute Gasteiger partial charge is 0.274 e. The van der Waals surface area contributed by atoms with Crippen LogP contribution in [0.25, 0.3) is 0 Å². The van der Waals surface area contributed by atoms with E-state index in [9.17, 15) is 4.79 Å². The van der Waals surface area contributed by atoms with Gasteiger partial charge in [0.05, 0.1) is 6.10 Å². The van der Waals surface area contributed by atoms with Gasteiger partial charge in [-0.25, -0.2) is 5.48 Å². The van der Waals surface area contributed by atoms with Gasteiger partial charge < -0.3 is 5.73 Å². The highest BCUT2D eigenvalue weighted by Crippen LogP contribution is 2.33. The first kappa shape index (κ1) is 17.5. The van der Waals surface area contributed by atoms with E-state index in [-0.39, 0.29) is 18.1 Å². The number of hydrogen-bond acceptors (Lipinski definition) is 4. The van der Waals surface area contributed by atoms with Crippen molar-refractivity contribution in [1.29, 1.82) is 0 Å². The van der Waals surface area contributed by atoms with Crippen LogP contribution in [0, 0.1) is 0 Å². The van der Waals surface area contributed by atoms with Crippen LogP contribution >= 0.6 is 0 Å². The van der Waals surface area contributed by atoms with Crippen LogP contribution in [-0.4, -0.2) is 30.5 Å². The van der Waals surface area contributed by atoms with E-state index in [0.717, 1.165) is 37.1 Å². The van der Waals surface area contributed by atoms with E-state index in [1.54, 1.807) is 12.1 Å². The molecule has 1 heterocycles. The number of benzene rings is 2. The number of anilines is 1. The van der Waals surface area contributed by atoms with Gasteiger partial charge in [0.25, 0.3) is 5.91 Å². The molecule has 0 saturated carbocycles. The highest BCUT2D eigenvalue weighted by atomic mass is 16.7. The van der Waals surface area contributed by atoms with E-state index >= 15 is 0 Å². The van der Waals surface area contributed by atoms with Gasteiger partial charge in [0.1, 0.15) is 0 Å². The number of para-hydroxylation sites is 1. The van der Waals surface area contributed by atoms with Gasteiger partial charge in [-0.1, -0.05) is 36.4 Å². The zero-order valence-electron chi connectivity index (χ0n) is 14.5. The number of hydroxylamine groups is 1. The Bertz CT molecular complexity index is 705. The molecular formula is C20H25N3O2. The van der Waals surface area contributed by atoms with Crippen LogP contribution < -0.4 is 11.2 Å². The normalized spacial score (nSPS) is 21.5. The van der Waals surface area contributed by atoms with Crippen molar-refractivity contribution in [3.8, 4) is 0 Å². The molecule has 0 bridgehead atoms. The van der Waals surface area contributed by atoms with E-state index in [0.29, 0.717) is 5.56 Å². The molecule has 25 heavy (non-hydrogen) atoms. The number of carbonyl (C=O) groups excluding carboxylic acids is 1. The van der Waals surface area contributed by atoms with Gasteiger partial charge in [0.2, 0.25) is 0 Å². The quantitative estimate of drug-likeness (QED) is 0.663. The first-order valence-electron chi connectivity index (χ1n) is 8.71. The maximum absolute atomic E-state index is 12.2. The largest absolute Gasteiger partial charge is 0.398 e. The summed E-state index contributed by atoms with van der Waals surface area (Å²) in [7, 11) is 2.11. The van der Waals surface area contributed by atoms with Crippen LogP contribution in [0.15, 0.2) is 54.6 Å². The zero-order valence-corrected chi connectivity index (χ0v) is 14.5. The number of nitrogens with two attached hydrogens (primary N) is 1. The minimum absolute atomic E-state index is 0.0396. The molecule has 2 atom stereocenters. The third-order valence-corrected chi connectivity index (χ3v) is 4.76. The molecule has 1 fully saturated rings. The van der Waals surface area contributed by atoms with Crippen molar-refractivity contribution in [2.45, 2.75) is 31.4 Å². The number of rotatable bonds is 4. The van der Waals surface area contributed by atoms with Crippen LogP contribution in [0.2, 0.25) is 0 Å². The lowest BCUT2D eigenvalue weighted by Gasteiger charge is -2.28. The molecule has 3 N–H and O–H groups in total. The van der Waals surface area contributed by atoms with Gasteiger partial charge in [-0.3, -0.25) is 14.5 Å². The molecule has 1 saturated heterocycles.